The smallest absolute Gasteiger partial charge is 0.355 e. The molecule has 1 amide bonds. The van der Waals surface area contributed by atoms with Crippen molar-refractivity contribution in [1.29, 1.82) is 0 Å². The van der Waals surface area contributed by atoms with Gasteiger partial charge in [-0.25, -0.2) is 18.0 Å². The van der Waals surface area contributed by atoms with Crippen LogP contribution in [0.5, 0.6) is 0 Å². The summed E-state index contributed by atoms with van der Waals surface area (Å²) in [5.74, 6) is -6.28. The standard InChI is InChI=1S/C17H11F3N2O3/c18-10-5-6-12(16(20)15(10)19)22-14(23)8-25-17(24)13-7-9-3-1-2-4-11(9)21-13/h1-7,21H,8H2,(H,22,23). The molecule has 3 aromatic rings. The summed E-state index contributed by atoms with van der Waals surface area (Å²) >= 11 is 0. The summed E-state index contributed by atoms with van der Waals surface area (Å²) in [6.07, 6.45) is 0. The third-order valence-electron chi connectivity index (χ3n) is 3.39. The number of hydrogen-bond acceptors (Lipinski definition) is 3. The van der Waals surface area contributed by atoms with Crippen LogP contribution in [0.3, 0.4) is 0 Å². The van der Waals surface area contributed by atoms with Crippen LogP contribution < -0.4 is 5.32 Å². The van der Waals surface area contributed by atoms with Crippen molar-refractivity contribution in [3.05, 3.63) is 65.6 Å². The predicted octanol–water partition coefficient (Wildman–Crippen LogP) is 3.38. The molecule has 8 heteroatoms. The van der Waals surface area contributed by atoms with E-state index in [9.17, 15) is 22.8 Å². The van der Waals surface area contributed by atoms with E-state index in [-0.39, 0.29) is 5.69 Å². The highest BCUT2D eigenvalue weighted by molar-refractivity contribution is 5.97. The number of anilines is 1. The van der Waals surface area contributed by atoms with Crippen LogP contribution in [-0.2, 0) is 9.53 Å². The number of H-pyrrole nitrogens is 1. The number of nitrogens with one attached hydrogen (secondary N) is 2. The third-order valence-corrected chi connectivity index (χ3v) is 3.39. The minimum atomic E-state index is -1.70. The Morgan fingerprint density at radius 2 is 1.80 bits per heavy atom. The number of halogens is 3. The molecule has 0 unspecified atom stereocenters. The Labute approximate surface area is 139 Å². The Bertz CT molecular complexity index is 936. The molecule has 0 aliphatic heterocycles. The van der Waals surface area contributed by atoms with Crippen molar-refractivity contribution >= 4 is 28.5 Å². The SMILES string of the molecule is O=C(COC(=O)c1cc2ccccc2[nH]1)Nc1ccc(F)c(F)c1F. The quantitative estimate of drug-likeness (QED) is 0.561. The van der Waals surface area contributed by atoms with Crippen LogP contribution >= 0.6 is 0 Å². The Kier molecular flexibility index (Phi) is 4.42. The summed E-state index contributed by atoms with van der Waals surface area (Å²) < 4.78 is 44.2. The first-order valence-electron chi connectivity index (χ1n) is 7.14. The molecular formula is C17H11F3N2O3. The average molecular weight is 348 g/mol. The van der Waals surface area contributed by atoms with Crippen LogP contribution in [0.4, 0.5) is 18.9 Å². The summed E-state index contributed by atoms with van der Waals surface area (Å²) in [6, 6.07) is 10.2. The van der Waals surface area contributed by atoms with E-state index in [1.807, 2.05) is 5.32 Å². The van der Waals surface area contributed by atoms with Gasteiger partial charge in [-0.2, -0.15) is 0 Å². The number of ether oxygens (including phenoxy) is 1. The summed E-state index contributed by atoms with van der Waals surface area (Å²) in [7, 11) is 0. The van der Waals surface area contributed by atoms with Crippen molar-refractivity contribution in [1.82, 2.24) is 4.98 Å². The Morgan fingerprint density at radius 3 is 2.56 bits per heavy atom. The number of aromatic nitrogens is 1. The lowest BCUT2D eigenvalue weighted by molar-refractivity contribution is -0.119. The van der Waals surface area contributed by atoms with Crippen LogP contribution in [0.25, 0.3) is 10.9 Å². The molecule has 0 saturated heterocycles. The van der Waals surface area contributed by atoms with Gasteiger partial charge in [0.1, 0.15) is 5.69 Å². The zero-order valence-corrected chi connectivity index (χ0v) is 12.6. The topological polar surface area (TPSA) is 71.2 Å². The molecule has 2 aromatic carbocycles. The molecule has 0 saturated carbocycles. The number of carbonyl (C=O) groups is 2. The van der Waals surface area contributed by atoms with Crippen molar-refractivity contribution in [3.8, 4) is 0 Å². The number of fused-ring (bicyclic) bond motifs is 1. The third kappa shape index (κ3) is 3.47. The van der Waals surface area contributed by atoms with Crippen molar-refractivity contribution in [2.75, 3.05) is 11.9 Å². The largest absolute Gasteiger partial charge is 0.451 e. The molecular weight excluding hydrogens is 337 g/mol. The van der Waals surface area contributed by atoms with Gasteiger partial charge in [0.15, 0.2) is 24.1 Å². The van der Waals surface area contributed by atoms with Gasteiger partial charge < -0.3 is 15.0 Å². The van der Waals surface area contributed by atoms with E-state index < -0.39 is 41.6 Å². The van der Waals surface area contributed by atoms with Gasteiger partial charge in [-0.3, -0.25) is 4.79 Å². The number of aromatic amines is 1. The molecule has 1 heterocycles. The Morgan fingerprint density at radius 1 is 1.04 bits per heavy atom. The van der Waals surface area contributed by atoms with Gasteiger partial charge in [0.05, 0.1) is 5.69 Å². The highest BCUT2D eigenvalue weighted by Gasteiger charge is 2.17. The van der Waals surface area contributed by atoms with Crippen LogP contribution in [0.15, 0.2) is 42.5 Å². The van der Waals surface area contributed by atoms with Crippen LogP contribution in [0.2, 0.25) is 0 Å². The van der Waals surface area contributed by atoms with E-state index in [1.165, 1.54) is 0 Å². The molecule has 1 aromatic heterocycles. The van der Waals surface area contributed by atoms with E-state index in [1.54, 1.807) is 30.3 Å². The Hall–Kier alpha value is -3.29. The first-order valence-corrected chi connectivity index (χ1v) is 7.14. The zero-order chi connectivity index (χ0) is 18.0. The summed E-state index contributed by atoms with van der Waals surface area (Å²) in [5, 5.41) is 2.80. The van der Waals surface area contributed by atoms with Gasteiger partial charge in [0.2, 0.25) is 0 Å². The monoisotopic (exact) mass is 348 g/mol. The lowest BCUT2D eigenvalue weighted by atomic mass is 10.2. The van der Waals surface area contributed by atoms with E-state index in [2.05, 4.69) is 4.98 Å². The second-order valence-corrected chi connectivity index (χ2v) is 5.12. The maximum Gasteiger partial charge on any atom is 0.355 e. The van der Waals surface area contributed by atoms with Crippen molar-refractivity contribution < 1.29 is 27.5 Å². The van der Waals surface area contributed by atoms with Crippen LogP contribution in [0.1, 0.15) is 10.5 Å². The fourth-order valence-corrected chi connectivity index (χ4v) is 2.20. The molecule has 2 N–H and O–H groups in total. The Balaban J connectivity index is 1.62. The number of hydrogen-bond donors (Lipinski definition) is 2. The van der Waals surface area contributed by atoms with E-state index in [4.69, 9.17) is 4.74 Å². The number of para-hydroxylation sites is 1. The number of benzene rings is 2. The van der Waals surface area contributed by atoms with Gasteiger partial charge in [0.25, 0.3) is 5.91 Å². The first-order chi connectivity index (χ1) is 12.0. The predicted molar refractivity (Wildman–Crippen MR) is 83.5 cm³/mol. The number of carbonyl (C=O) groups excluding carboxylic acids is 2. The molecule has 0 bridgehead atoms. The molecule has 25 heavy (non-hydrogen) atoms. The minimum Gasteiger partial charge on any atom is -0.451 e. The molecule has 3 rings (SSSR count). The fraction of sp³-hybridized carbons (Fsp3) is 0.0588. The highest BCUT2D eigenvalue weighted by Crippen LogP contribution is 2.19. The molecule has 0 atom stereocenters. The van der Waals surface area contributed by atoms with Crippen molar-refractivity contribution in [2.24, 2.45) is 0 Å². The second kappa shape index (κ2) is 6.68. The minimum absolute atomic E-state index is 0.146. The second-order valence-electron chi connectivity index (χ2n) is 5.12. The molecule has 0 aliphatic carbocycles. The van der Waals surface area contributed by atoms with Crippen molar-refractivity contribution in [2.45, 2.75) is 0 Å². The molecule has 0 aliphatic rings. The maximum atomic E-state index is 13.5. The maximum absolute atomic E-state index is 13.5. The molecule has 0 radical (unpaired) electrons. The molecule has 5 nitrogen and oxygen atoms in total. The zero-order valence-electron chi connectivity index (χ0n) is 12.6. The number of rotatable bonds is 4. The fourth-order valence-electron chi connectivity index (χ4n) is 2.20. The normalized spacial score (nSPS) is 10.7. The summed E-state index contributed by atoms with van der Waals surface area (Å²) in [5.41, 5.74) is 0.321. The molecule has 0 fully saturated rings. The first kappa shape index (κ1) is 16.6. The summed E-state index contributed by atoms with van der Waals surface area (Å²) in [4.78, 5) is 26.4. The molecule has 128 valence electrons. The lowest BCUT2D eigenvalue weighted by Crippen LogP contribution is -2.22. The van der Waals surface area contributed by atoms with Crippen LogP contribution in [-0.4, -0.2) is 23.5 Å². The average Bonchev–Trinajstić information content (AvgIpc) is 3.04. The number of amides is 1. The van der Waals surface area contributed by atoms with E-state index in [0.717, 1.165) is 17.0 Å². The number of esters is 1. The highest BCUT2D eigenvalue weighted by atomic mass is 19.2. The van der Waals surface area contributed by atoms with Gasteiger partial charge in [-0.15, -0.1) is 0 Å². The van der Waals surface area contributed by atoms with Gasteiger partial charge in [-0.1, -0.05) is 18.2 Å². The lowest BCUT2D eigenvalue weighted by Gasteiger charge is -2.07. The van der Waals surface area contributed by atoms with E-state index in [0.29, 0.717) is 6.07 Å². The molecule has 0 spiro atoms. The van der Waals surface area contributed by atoms with Gasteiger partial charge in [0, 0.05) is 10.9 Å². The summed E-state index contributed by atoms with van der Waals surface area (Å²) in [6.45, 7) is -0.716. The van der Waals surface area contributed by atoms with Gasteiger partial charge >= 0.3 is 5.97 Å². The van der Waals surface area contributed by atoms with Crippen molar-refractivity contribution in [3.63, 3.8) is 0 Å². The van der Waals surface area contributed by atoms with E-state index >= 15 is 0 Å². The van der Waals surface area contributed by atoms with Gasteiger partial charge in [-0.05, 0) is 24.3 Å². The van der Waals surface area contributed by atoms with Crippen LogP contribution in [0, 0.1) is 17.5 Å².